The largest absolute Gasteiger partial charge is 0.495 e. The van der Waals surface area contributed by atoms with E-state index in [1.54, 1.807) is 7.11 Å². The second kappa shape index (κ2) is 6.54. The second-order valence-corrected chi connectivity index (χ2v) is 6.57. The number of imidazole rings is 1. The summed E-state index contributed by atoms with van der Waals surface area (Å²) >= 11 is 6.29. The van der Waals surface area contributed by atoms with Crippen molar-refractivity contribution in [2.75, 3.05) is 38.2 Å². The maximum atomic E-state index is 6.29. The fourth-order valence-corrected chi connectivity index (χ4v) is 3.39. The number of anilines is 1. The summed E-state index contributed by atoms with van der Waals surface area (Å²) in [5, 5.41) is 3.93. The molecule has 0 spiro atoms. The Morgan fingerprint density at radius 1 is 1.20 bits per heavy atom. The normalized spacial score (nSPS) is 14.9. The van der Waals surface area contributed by atoms with Gasteiger partial charge in [-0.3, -0.25) is 4.40 Å². The molecule has 25 heavy (non-hydrogen) atoms. The summed E-state index contributed by atoms with van der Waals surface area (Å²) in [6.45, 7) is 5.91. The molecule has 2 aromatic heterocycles. The van der Waals surface area contributed by atoms with Crippen LogP contribution in [0.1, 0.15) is 5.56 Å². The highest BCUT2D eigenvalue weighted by Crippen LogP contribution is 2.33. The minimum absolute atomic E-state index is 0.578. The zero-order valence-corrected chi connectivity index (χ0v) is 15.0. The van der Waals surface area contributed by atoms with Gasteiger partial charge in [0.05, 0.1) is 17.8 Å². The smallest absolute Gasteiger partial charge is 0.236 e. The van der Waals surface area contributed by atoms with Crippen LogP contribution in [-0.2, 0) is 0 Å². The van der Waals surface area contributed by atoms with E-state index in [0.29, 0.717) is 16.5 Å². The van der Waals surface area contributed by atoms with Gasteiger partial charge in [-0.15, -0.1) is 0 Å². The number of nitrogens with zero attached hydrogens (tertiary/aromatic N) is 4. The first-order valence-electron chi connectivity index (χ1n) is 8.31. The lowest BCUT2D eigenvalue weighted by atomic mass is 10.1. The van der Waals surface area contributed by atoms with Crippen LogP contribution >= 0.6 is 11.6 Å². The van der Waals surface area contributed by atoms with Crippen molar-refractivity contribution in [1.29, 1.82) is 0 Å². The maximum Gasteiger partial charge on any atom is 0.236 e. The van der Waals surface area contributed by atoms with Gasteiger partial charge in [0.15, 0.2) is 0 Å². The molecule has 1 saturated heterocycles. The molecule has 1 N–H and O–H groups in total. The Hall–Kier alpha value is -2.31. The first-order chi connectivity index (χ1) is 12.2. The van der Waals surface area contributed by atoms with Crippen molar-refractivity contribution in [3.05, 3.63) is 41.2 Å². The summed E-state index contributed by atoms with van der Waals surface area (Å²) in [4.78, 5) is 11.7. The highest BCUT2D eigenvalue weighted by Gasteiger charge is 2.15. The number of hydrogen-bond acceptors (Lipinski definition) is 5. The lowest BCUT2D eigenvalue weighted by Crippen LogP contribution is -2.43. The summed E-state index contributed by atoms with van der Waals surface area (Å²) in [5.41, 5.74) is 2.90. The van der Waals surface area contributed by atoms with E-state index in [2.05, 4.69) is 10.2 Å². The minimum atomic E-state index is 0.578. The molecule has 7 heteroatoms. The van der Waals surface area contributed by atoms with Gasteiger partial charge in [0.2, 0.25) is 5.78 Å². The van der Waals surface area contributed by atoms with Gasteiger partial charge in [0, 0.05) is 44.1 Å². The van der Waals surface area contributed by atoms with E-state index in [0.717, 1.165) is 48.8 Å². The van der Waals surface area contributed by atoms with E-state index in [9.17, 15) is 0 Å². The highest BCUT2D eigenvalue weighted by atomic mass is 35.5. The molecule has 0 radical (unpaired) electrons. The summed E-state index contributed by atoms with van der Waals surface area (Å²) in [5.74, 6) is 2.33. The number of rotatable bonds is 3. The van der Waals surface area contributed by atoms with Crippen molar-refractivity contribution in [1.82, 2.24) is 19.7 Å². The average Bonchev–Trinajstić information content (AvgIpc) is 3.07. The van der Waals surface area contributed by atoms with Gasteiger partial charge >= 0.3 is 0 Å². The molecule has 0 amide bonds. The Morgan fingerprint density at radius 3 is 2.76 bits per heavy atom. The maximum absolute atomic E-state index is 6.29. The van der Waals surface area contributed by atoms with Crippen LogP contribution < -0.4 is 15.0 Å². The summed E-state index contributed by atoms with van der Waals surface area (Å²) < 4.78 is 7.22. The van der Waals surface area contributed by atoms with Gasteiger partial charge in [-0.05, 0) is 30.7 Å². The molecule has 0 bridgehead atoms. The summed E-state index contributed by atoms with van der Waals surface area (Å²) in [7, 11) is 1.62. The summed E-state index contributed by atoms with van der Waals surface area (Å²) in [6, 6.07) is 5.87. The average molecular weight is 358 g/mol. The third-order valence-electron chi connectivity index (χ3n) is 4.53. The third kappa shape index (κ3) is 3.03. The molecule has 0 unspecified atom stereocenters. The molecule has 6 nitrogen and oxygen atoms in total. The highest BCUT2D eigenvalue weighted by molar-refractivity contribution is 6.32. The SMILES string of the molecule is COc1cc(C)c(-c2cn3ccc(N4CCNCC4)nc3n2)cc1Cl. The van der Waals surface area contributed by atoms with Gasteiger partial charge in [-0.2, -0.15) is 4.98 Å². The van der Waals surface area contributed by atoms with Crippen molar-refractivity contribution >= 4 is 23.2 Å². The van der Waals surface area contributed by atoms with E-state index in [4.69, 9.17) is 26.3 Å². The quantitative estimate of drug-likeness (QED) is 0.781. The molecule has 1 aromatic carbocycles. The molecule has 1 aliphatic rings. The van der Waals surface area contributed by atoms with Gasteiger partial charge in [-0.25, -0.2) is 4.98 Å². The first-order valence-corrected chi connectivity index (χ1v) is 8.69. The number of benzene rings is 1. The fraction of sp³-hybridized carbons (Fsp3) is 0.333. The van der Waals surface area contributed by atoms with Crippen molar-refractivity contribution < 1.29 is 4.74 Å². The zero-order chi connectivity index (χ0) is 17.4. The molecule has 0 saturated carbocycles. The number of aryl methyl sites for hydroxylation is 1. The second-order valence-electron chi connectivity index (χ2n) is 6.16. The van der Waals surface area contributed by atoms with Gasteiger partial charge in [0.1, 0.15) is 11.6 Å². The number of fused-ring (bicyclic) bond motifs is 1. The number of nitrogens with one attached hydrogen (secondary N) is 1. The van der Waals surface area contributed by atoms with Gasteiger partial charge < -0.3 is 15.0 Å². The van der Waals surface area contributed by atoms with Crippen molar-refractivity contribution in [2.45, 2.75) is 6.92 Å². The van der Waals surface area contributed by atoms with E-state index < -0.39 is 0 Å². The molecule has 130 valence electrons. The van der Waals surface area contributed by atoms with E-state index >= 15 is 0 Å². The third-order valence-corrected chi connectivity index (χ3v) is 4.82. The molecule has 1 aliphatic heterocycles. The van der Waals surface area contributed by atoms with Crippen LogP contribution in [-0.4, -0.2) is 47.7 Å². The Balaban J connectivity index is 1.73. The van der Waals surface area contributed by atoms with Gasteiger partial charge in [-0.1, -0.05) is 11.6 Å². The van der Waals surface area contributed by atoms with Crippen LogP contribution in [0, 0.1) is 6.92 Å². The Kier molecular flexibility index (Phi) is 4.23. The van der Waals surface area contributed by atoms with E-state index in [1.807, 2.05) is 41.9 Å². The van der Waals surface area contributed by atoms with Crippen molar-refractivity contribution in [3.63, 3.8) is 0 Å². The monoisotopic (exact) mass is 357 g/mol. The molecular formula is C18H20ClN5O. The molecule has 1 fully saturated rings. The molecule has 0 aliphatic carbocycles. The van der Waals surface area contributed by atoms with E-state index in [1.165, 1.54) is 0 Å². The van der Waals surface area contributed by atoms with Crippen molar-refractivity contribution in [3.8, 4) is 17.0 Å². The lowest BCUT2D eigenvalue weighted by Gasteiger charge is -2.28. The number of methoxy groups -OCH3 is 1. The number of piperazine rings is 1. The number of halogens is 1. The zero-order valence-electron chi connectivity index (χ0n) is 14.3. The molecule has 4 rings (SSSR count). The van der Waals surface area contributed by atoms with E-state index in [-0.39, 0.29) is 0 Å². The Morgan fingerprint density at radius 2 is 2.00 bits per heavy atom. The minimum Gasteiger partial charge on any atom is -0.495 e. The fourth-order valence-electron chi connectivity index (χ4n) is 3.15. The lowest BCUT2D eigenvalue weighted by molar-refractivity contribution is 0.415. The van der Waals surface area contributed by atoms with Crippen LogP contribution in [0.2, 0.25) is 5.02 Å². The van der Waals surface area contributed by atoms with Gasteiger partial charge in [0.25, 0.3) is 0 Å². The molecule has 3 heterocycles. The number of hydrogen-bond donors (Lipinski definition) is 1. The number of ether oxygens (including phenoxy) is 1. The standard InChI is InChI=1S/C18H20ClN5O/c1-12-9-16(25-2)14(19)10-13(12)15-11-24-6-3-17(22-18(24)21-15)23-7-4-20-5-8-23/h3,6,9-11,20H,4-5,7-8H2,1-2H3. The predicted molar refractivity (Wildman–Crippen MR) is 99.8 cm³/mol. The van der Waals surface area contributed by atoms with Crippen molar-refractivity contribution in [2.24, 2.45) is 0 Å². The van der Waals surface area contributed by atoms with Crippen LogP contribution in [0.25, 0.3) is 17.0 Å². The van der Waals surface area contributed by atoms with Crippen LogP contribution in [0.4, 0.5) is 5.82 Å². The summed E-state index contributed by atoms with van der Waals surface area (Å²) in [6.07, 6.45) is 3.99. The Labute approximate surface area is 151 Å². The molecule has 0 atom stereocenters. The molecule has 3 aromatic rings. The Bertz CT molecular complexity index is 917. The van der Waals surface area contributed by atoms with Crippen LogP contribution in [0.15, 0.2) is 30.6 Å². The first kappa shape index (κ1) is 16.2. The predicted octanol–water partition coefficient (Wildman–Crippen LogP) is 2.78. The molecular weight excluding hydrogens is 338 g/mol. The topological polar surface area (TPSA) is 54.7 Å². The van der Waals surface area contributed by atoms with Crippen LogP contribution in [0.3, 0.4) is 0 Å². The van der Waals surface area contributed by atoms with Crippen LogP contribution in [0.5, 0.6) is 5.75 Å². The number of aromatic nitrogens is 3.